The van der Waals surface area contributed by atoms with E-state index < -0.39 is 5.91 Å². The van der Waals surface area contributed by atoms with Crippen LogP contribution < -0.4 is 5.32 Å². The number of hydrogen-bond acceptors (Lipinski definition) is 4. The zero-order valence-corrected chi connectivity index (χ0v) is 16.3. The van der Waals surface area contributed by atoms with Crippen LogP contribution in [0, 0.1) is 0 Å². The lowest BCUT2D eigenvalue weighted by atomic mass is 10.0. The van der Waals surface area contributed by atoms with Crippen molar-refractivity contribution < 1.29 is 9.59 Å². The second-order valence-corrected chi connectivity index (χ2v) is 8.12. The van der Waals surface area contributed by atoms with E-state index in [-0.39, 0.29) is 23.1 Å². The molecule has 136 valence electrons. The predicted octanol–water partition coefficient (Wildman–Crippen LogP) is 3.25. The minimum atomic E-state index is -0.445. The number of fused-ring (bicyclic) bond motifs is 2. The molecule has 0 saturated carbocycles. The molecule has 2 aromatic rings. The number of thiophene rings is 1. The zero-order valence-electron chi connectivity index (χ0n) is 14.7. The number of thiocarbonyl (C=S) groups is 1. The lowest BCUT2D eigenvalue weighted by Crippen LogP contribution is -2.53. The molecule has 0 atom stereocenters. The summed E-state index contributed by atoms with van der Waals surface area (Å²) in [6, 6.07) is 10.6. The van der Waals surface area contributed by atoms with E-state index in [0.29, 0.717) is 0 Å². The average Bonchev–Trinajstić information content (AvgIpc) is 2.94. The summed E-state index contributed by atoms with van der Waals surface area (Å²) in [4.78, 5) is 28.6. The van der Waals surface area contributed by atoms with Gasteiger partial charge in [-0.15, -0.1) is 17.9 Å². The van der Waals surface area contributed by atoms with Crippen molar-refractivity contribution in [1.29, 1.82) is 0 Å². The van der Waals surface area contributed by atoms with E-state index in [1.807, 2.05) is 0 Å². The van der Waals surface area contributed by atoms with Gasteiger partial charge in [0.1, 0.15) is 5.57 Å². The quantitative estimate of drug-likeness (QED) is 0.376. The van der Waals surface area contributed by atoms with Crippen LogP contribution in [0.15, 0.2) is 48.6 Å². The topological polar surface area (TPSA) is 49.4 Å². The zero-order chi connectivity index (χ0) is 19.0. The Hall–Kier alpha value is -2.57. The lowest BCUT2D eigenvalue weighted by molar-refractivity contribution is -0.128. The van der Waals surface area contributed by atoms with Crippen molar-refractivity contribution in [3.63, 3.8) is 0 Å². The SMILES string of the molecule is C=CCN1C(=O)C(=Cc2cc3c(s2)CCc2ccccc2C3)C(=O)NC1=S. The van der Waals surface area contributed by atoms with Crippen molar-refractivity contribution in [2.45, 2.75) is 19.3 Å². The molecule has 2 heterocycles. The van der Waals surface area contributed by atoms with Crippen molar-refractivity contribution in [3.05, 3.63) is 75.0 Å². The molecule has 1 N–H and O–H groups in total. The molecule has 1 aromatic heterocycles. The van der Waals surface area contributed by atoms with Gasteiger partial charge in [-0.2, -0.15) is 0 Å². The van der Waals surface area contributed by atoms with Crippen LogP contribution in [0.1, 0.15) is 26.4 Å². The Morgan fingerprint density at radius 3 is 2.74 bits per heavy atom. The van der Waals surface area contributed by atoms with E-state index >= 15 is 0 Å². The van der Waals surface area contributed by atoms with Crippen molar-refractivity contribution in [3.8, 4) is 0 Å². The Bertz CT molecular complexity index is 1000. The first-order chi connectivity index (χ1) is 13.1. The van der Waals surface area contributed by atoms with Crippen LogP contribution >= 0.6 is 23.6 Å². The highest BCUT2D eigenvalue weighted by Crippen LogP contribution is 2.32. The van der Waals surface area contributed by atoms with Crippen LogP contribution in [-0.4, -0.2) is 28.4 Å². The number of carbonyl (C=O) groups is 2. The number of nitrogens with one attached hydrogen (secondary N) is 1. The van der Waals surface area contributed by atoms with Gasteiger partial charge in [0.25, 0.3) is 11.8 Å². The highest BCUT2D eigenvalue weighted by atomic mass is 32.1. The molecule has 0 bridgehead atoms. The van der Waals surface area contributed by atoms with E-state index in [1.54, 1.807) is 23.5 Å². The normalized spacial score (nSPS) is 18.0. The number of carbonyl (C=O) groups excluding carboxylic acids is 2. The van der Waals surface area contributed by atoms with Gasteiger partial charge in [-0.1, -0.05) is 30.3 Å². The van der Waals surface area contributed by atoms with Gasteiger partial charge in [0.15, 0.2) is 5.11 Å². The summed E-state index contributed by atoms with van der Waals surface area (Å²) in [7, 11) is 0. The molecule has 1 aromatic carbocycles. The molecule has 1 fully saturated rings. The maximum atomic E-state index is 12.7. The third-order valence-electron chi connectivity index (χ3n) is 4.82. The van der Waals surface area contributed by atoms with E-state index in [9.17, 15) is 9.59 Å². The van der Waals surface area contributed by atoms with Gasteiger partial charge in [-0.05, 0) is 60.3 Å². The van der Waals surface area contributed by atoms with Gasteiger partial charge in [0.05, 0.1) is 0 Å². The number of nitrogens with zero attached hydrogens (tertiary/aromatic N) is 1. The minimum Gasteiger partial charge on any atom is -0.298 e. The summed E-state index contributed by atoms with van der Waals surface area (Å²) < 4.78 is 0. The maximum absolute atomic E-state index is 12.7. The summed E-state index contributed by atoms with van der Waals surface area (Å²) >= 11 is 6.74. The Kier molecular flexibility index (Phi) is 4.76. The molecule has 27 heavy (non-hydrogen) atoms. The fourth-order valence-electron chi connectivity index (χ4n) is 3.48. The second kappa shape index (κ2) is 7.21. The maximum Gasteiger partial charge on any atom is 0.265 e. The fourth-order valence-corrected chi connectivity index (χ4v) is 4.86. The van der Waals surface area contributed by atoms with Crippen LogP contribution in [0.2, 0.25) is 0 Å². The average molecular weight is 395 g/mol. The third kappa shape index (κ3) is 3.38. The summed E-state index contributed by atoms with van der Waals surface area (Å²) in [5.41, 5.74) is 4.14. The molecular formula is C21H18N2O2S2. The molecule has 2 aliphatic rings. The molecule has 2 amide bonds. The van der Waals surface area contributed by atoms with Crippen LogP contribution in [0.25, 0.3) is 6.08 Å². The molecule has 6 heteroatoms. The van der Waals surface area contributed by atoms with E-state index in [1.165, 1.54) is 26.5 Å². The molecule has 4 rings (SSSR count). The Balaban J connectivity index is 1.66. The van der Waals surface area contributed by atoms with Crippen LogP contribution in [0.3, 0.4) is 0 Å². The lowest BCUT2D eigenvalue weighted by Gasteiger charge is -2.27. The van der Waals surface area contributed by atoms with Crippen molar-refractivity contribution >= 4 is 46.6 Å². The van der Waals surface area contributed by atoms with Gasteiger partial charge >= 0.3 is 0 Å². The molecule has 0 unspecified atom stereocenters. The van der Waals surface area contributed by atoms with Crippen molar-refractivity contribution in [2.24, 2.45) is 0 Å². The molecule has 0 radical (unpaired) electrons. The second-order valence-electron chi connectivity index (χ2n) is 6.56. The highest BCUT2D eigenvalue weighted by Gasteiger charge is 2.32. The summed E-state index contributed by atoms with van der Waals surface area (Å²) in [5, 5.41) is 2.71. The van der Waals surface area contributed by atoms with Crippen LogP contribution in [0.5, 0.6) is 0 Å². The van der Waals surface area contributed by atoms with Gasteiger partial charge in [-0.3, -0.25) is 19.8 Å². The van der Waals surface area contributed by atoms with E-state index in [2.05, 4.69) is 42.2 Å². The minimum absolute atomic E-state index is 0.113. The van der Waals surface area contributed by atoms with Crippen molar-refractivity contribution in [2.75, 3.05) is 6.54 Å². The fraction of sp³-hybridized carbons (Fsp3) is 0.190. The summed E-state index contributed by atoms with van der Waals surface area (Å²) in [6.07, 6.45) is 6.15. The van der Waals surface area contributed by atoms with Gasteiger partial charge in [0.2, 0.25) is 0 Å². The largest absolute Gasteiger partial charge is 0.298 e. The first kappa shape index (κ1) is 17.8. The summed E-state index contributed by atoms with van der Waals surface area (Å²) in [5.74, 6) is -0.822. The number of amides is 2. The number of rotatable bonds is 3. The number of hydrogen-bond donors (Lipinski definition) is 1. The highest BCUT2D eigenvalue weighted by molar-refractivity contribution is 7.80. The smallest absolute Gasteiger partial charge is 0.265 e. The molecule has 1 aliphatic carbocycles. The third-order valence-corrected chi connectivity index (χ3v) is 6.33. The monoisotopic (exact) mass is 394 g/mol. The predicted molar refractivity (Wildman–Crippen MR) is 112 cm³/mol. The first-order valence-corrected chi connectivity index (χ1v) is 9.97. The van der Waals surface area contributed by atoms with Gasteiger partial charge in [-0.25, -0.2) is 0 Å². The molecular weight excluding hydrogens is 376 g/mol. The summed E-state index contributed by atoms with van der Waals surface area (Å²) in [6.45, 7) is 3.91. The number of aryl methyl sites for hydroxylation is 2. The molecule has 0 spiro atoms. The molecule has 1 saturated heterocycles. The van der Waals surface area contributed by atoms with E-state index in [4.69, 9.17) is 12.2 Å². The van der Waals surface area contributed by atoms with Crippen molar-refractivity contribution in [1.82, 2.24) is 10.2 Å². The molecule has 4 nitrogen and oxygen atoms in total. The standard InChI is InChI=1S/C21H18N2O2S2/c1-2-9-23-20(25)17(19(24)22-21(23)26)12-16-11-15-10-14-6-4-3-5-13(14)7-8-18(15)27-16/h2-6,11-12H,1,7-10H2,(H,22,24,26). The van der Waals surface area contributed by atoms with Crippen LogP contribution in [-0.2, 0) is 28.9 Å². The number of benzene rings is 1. The first-order valence-electron chi connectivity index (χ1n) is 8.75. The van der Waals surface area contributed by atoms with E-state index in [0.717, 1.165) is 24.1 Å². The van der Waals surface area contributed by atoms with Crippen LogP contribution in [0.4, 0.5) is 0 Å². The Morgan fingerprint density at radius 1 is 1.19 bits per heavy atom. The Morgan fingerprint density at radius 2 is 1.96 bits per heavy atom. The van der Waals surface area contributed by atoms with Gasteiger partial charge in [0, 0.05) is 16.3 Å². The molecule has 1 aliphatic heterocycles. The van der Waals surface area contributed by atoms with Gasteiger partial charge < -0.3 is 0 Å². The Labute approximate surface area is 167 Å².